The van der Waals surface area contributed by atoms with Crippen molar-refractivity contribution >= 4 is 28.7 Å². The van der Waals surface area contributed by atoms with Crippen LogP contribution in [-0.2, 0) is 11.4 Å². The molecule has 1 rings (SSSR count). The molecule has 0 amide bonds. The maximum atomic E-state index is 12.2. The fourth-order valence-electron chi connectivity index (χ4n) is 1.50. The number of hydrogen-bond donors (Lipinski definition) is 0. The van der Waals surface area contributed by atoms with Crippen LogP contribution in [0.25, 0.3) is 0 Å². The van der Waals surface area contributed by atoms with Gasteiger partial charge in [0, 0.05) is 11.4 Å². The van der Waals surface area contributed by atoms with Gasteiger partial charge >= 0.3 is 0 Å². The molecule has 1 unspecified atom stereocenters. The molecule has 106 valence electrons. The third-order valence-corrected chi connectivity index (χ3v) is 4.32. The highest BCUT2D eigenvalue weighted by atomic mass is 35.5. The molecule has 0 saturated heterocycles. The van der Waals surface area contributed by atoms with Crippen molar-refractivity contribution in [2.75, 3.05) is 5.88 Å². The summed E-state index contributed by atoms with van der Waals surface area (Å²) in [6, 6.07) is 9.96. The largest absolute Gasteiger partial charge is 0.591 e. The molecule has 0 bridgehead atoms. The lowest BCUT2D eigenvalue weighted by Crippen LogP contribution is -2.27. The fourth-order valence-corrected chi connectivity index (χ4v) is 2.36. The predicted molar refractivity (Wildman–Crippen MR) is 85.4 cm³/mol. The van der Waals surface area contributed by atoms with Gasteiger partial charge in [-0.15, -0.1) is 11.6 Å². The molecular weight excluding hydrogens is 278 g/mol. The maximum Gasteiger partial charge on any atom is 0.144 e. The van der Waals surface area contributed by atoms with Crippen LogP contribution >= 0.6 is 11.6 Å². The summed E-state index contributed by atoms with van der Waals surface area (Å²) in [5, 5.41) is 0. The summed E-state index contributed by atoms with van der Waals surface area (Å²) in [7, 11) is 0. The first-order valence-corrected chi connectivity index (χ1v) is 8.20. The van der Waals surface area contributed by atoms with E-state index in [1.165, 1.54) is 0 Å². The molecule has 0 aliphatic carbocycles. The Morgan fingerprint density at radius 1 is 1.21 bits per heavy atom. The molecule has 0 aliphatic heterocycles. The first-order valence-electron chi connectivity index (χ1n) is 6.56. The zero-order valence-corrected chi connectivity index (χ0v) is 13.4. The summed E-state index contributed by atoms with van der Waals surface area (Å²) in [5.41, 5.74) is 1.97. The van der Waals surface area contributed by atoms with Gasteiger partial charge in [-0.05, 0) is 40.0 Å². The van der Waals surface area contributed by atoms with Crippen molar-refractivity contribution in [1.82, 2.24) is 0 Å². The highest BCUT2D eigenvalue weighted by Gasteiger charge is 2.27. The normalized spacial score (nSPS) is 14.5. The van der Waals surface area contributed by atoms with E-state index in [-0.39, 0.29) is 4.75 Å². The average Bonchev–Trinajstić information content (AvgIpc) is 2.37. The number of rotatable bonds is 6. The van der Waals surface area contributed by atoms with Crippen LogP contribution in [0.15, 0.2) is 34.7 Å². The molecule has 0 aliphatic rings. The molecular formula is C15H22ClNOS. The quantitative estimate of drug-likeness (QED) is 0.333. The first kappa shape index (κ1) is 16.5. The number of unbranched alkanes of at least 4 members (excludes halogenated alkanes) is 1. The van der Waals surface area contributed by atoms with Gasteiger partial charge in [-0.25, -0.2) is 0 Å². The Morgan fingerprint density at radius 2 is 1.84 bits per heavy atom. The highest BCUT2D eigenvalue weighted by molar-refractivity contribution is 7.91. The third kappa shape index (κ3) is 5.98. The van der Waals surface area contributed by atoms with E-state index in [1.54, 1.807) is 0 Å². The van der Waals surface area contributed by atoms with E-state index in [0.29, 0.717) is 5.88 Å². The zero-order valence-electron chi connectivity index (χ0n) is 11.9. The Hall–Kier alpha value is -0.510. The van der Waals surface area contributed by atoms with Crippen LogP contribution in [0.4, 0.5) is 0 Å². The van der Waals surface area contributed by atoms with Crippen LogP contribution in [0, 0.1) is 0 Å². The molecule has 1 aromatic carbocycles. The molecule has 19 heavy (non-hydrogen) atoms. The average molecular weight is 300 g/mol. The van der Waals surface area contributed by atoms with Gasteiger partial charge in [-0.3, -0.25) is 0 Å². The van der Waals surface area contributed by atoms with Crippen molar-refractivity contribution in [2.45, 2.75) is 44.8 Å². The first-order chi connectivity index (χ1) is 8.95. The number of hydrogen-bond acceptors (Lipinski definition) is 2. The molecule has 0 fully saturated rings. The zero-order chi connectivity index (χ0) is 14.3. The van der Waals surface area contributed by atoms with E-state index in [9.17, 15) is 4.55 Å². The lowest BCUT2D eigenvalue weighted by Gasteiger charge is -2.19. The van der Waals surface area contributed by atoms with E-state index in [1.807, 2.05) is 51.1 Å². The highest BCUT2D eigenvalue weighted by Crippen LogP contribution is 2.20. The van der Waals surface area contributed by atoms with Crippen LogP contribution < -0.4 is 0 Å². The van der Waals surface area contributed by atoms with Gasteiger partial charge in [0.05, 0.1) is 5.71 Å². The van der Waals surface area contributed by atoms with Gasteiger partial charge in [0.1, 0.15) is 16.1 Å². The van der Waals surface area contributed by atoms with Gasteiger partial charge in [0.15, 0.2) is 0 Å². The number of alkyl halides is 1. The minimum absolute atomic E-state index is 0.327. The van der Waals surface area contributed by atoms with Crippen LogP contribution in [0.1, 0.15) is 45.6 Å². The predicted octanol–water partition coefficient (Wildman–Crippen LogP) is 4.35. The van der Waals surface area contributed by atoms with Crippen LogP contribution in [0.5, 0.6) is 0 Å². The summed E-state index contributed by atoms with van der Waals surface area (Å²) in [6.07, 6.45) is 2.74. The lowest BCUT2D eigenvalue weighted by atomic mass is 10.1. The van der Waals surface area contributed by atoms with Crippen molar-refractivity contribution in [1.29, 1.82) is 0 Å². The molecule has 0 spiro atoms. The Labute approximate surface area is 124 Å². The summed E-state index contributed by atoms with van der Waals surface area (Å²) >= 11 is 4.49. The Morgan fingerprint density at radius 3 is 2.37 bits per heavy atom. The second kappa shape index (κ2) is 7.93. The van der Waals surface area contributed by atoms with Crippen molar-refractivity contribution in [3.8, 4) is 0 Å². The number of halogens is 1. The number of nitrogens with zero attached hydrogens (tertiary/aromatic N) is 1. The summed E-state index contributed by atoms with van der Waals surface area (Å²) < 4.78 is 16.3. The SMILES string of the molecule is CC(C)(C)[S+]([O-])/N=C(/CCCCCl)c1ccccc1. The molecule has 1 aromatic rings. The molecule has 0 aromatic heterocycles. The van der Waals surface area contributed by atoms with Crippen molar-refractivity contribution < 1.29 is 4.55 Å². The van der Waals surface area contributed by atoms with Gasteiger partial charge < -0.3 is 4.55 Å². The van der Waals surface area contributed by atoms with Gasteiger partial charge in [-0.2, -0.15) is 0 Å². The third-order valence-electron chi connectivity index (χ3n) is 2.62. The topological polar surface area (TPSA) is 35.4 Å². The summed E-state index contributed by atoms with van der Waals surface area (Å²) in [4.78, 5) is 0. The molecule has 2 nitrogen and oxygen atoms in total. The van der Waals surface area contributed by atoms with Crippen LogP contribution in [0.3, 0.4) is 0 Å². The Kier molecular flexibility index (Phi) is 6.90. The Balaban J connectivity index is 2.89. The number of benzene rings is 1. The minimum Gasteiger partial charge on any atom is -0.591 e. The van der Waals surface area contributed by atoms with Gasteiger partial charge in [-0.1, -0.05) is 34.7 Å². The van der Waals surface area contributed by atoms with Crippen LogP contribution in [-0.4, -0.2) is 20.9 Å². The molecule has 0 radical (unpaired) electrons. The van der Waals surface area contributed by atoms with Crippen molar-refractivity contribution in [3.63, 3.8) is 0 Å². The van der Waals surface area contributed by atoms with Crippen molar-refractivity contribution in [2.24, 2.45) is 4.40 Å². The fraction of sp³-hybridized carbons (Fsp3) is 0.533. The monoisotopic (exact) mass is 299 g/mol. The van der Waals surface area contributed by atoms with E-state index in [4.69, 9.17) is 11.6 Å². The van der Waals surface area contributed by atoms with E-state index in [2.05, 4.69) is 4.40 Å². The standard InChI is InChI=1S/C15H22ClNOS/c1-15(2,3)19(18)17-14(11-7-8-12-16)13-9-5-4-6-10-13/h4-6,9-10H,7-8,11-12H2,1-3H3/b17-14-. The minimum atomic E-state index is -1.22. The molecule has 1 atom stereocenters. The lowest BCUT2D eigenvalue weighted by molar-refractivity contribution is 0.561. The molecule has 0 heterocycles. The smallest absolute Gasteiger partial charge is 0.144 e. The van der Waals surface area contributed by atoms with Gasteiger partial charge in [0.2, 0.25) is 0 Å². The summed E-state index contributed by atoms with van der Waals surface area (Å²) in [6.45, 7) is 5.82. The molecule has 0 saturated carbocycles. The van der Waals surface area contributed by atoms with Gasteiger partial charge in [0.25, 0.3) is 0 Å². The van der Waals surface area contributed by atoms with Crippen molar-refractivity contribution in [3.05, 3.63) is 35.9 Å². The second-order valence-electron chi connectivity index (χ2n) is 5.41. The summed E-state index contributed by atoms with van der Waals surface area (Å²) in [5.74, 6) is 0.657. The van der Waals surface area contributed by atoms with E-state index < -0.39 is 11.4 Å². The second-order valence-corrected chi connectivity index (χ2v) is 7.70. The molecule has 0 N–H and O–H groups in total. The Bertz CT molecular complexity index is 400. The maximum absolute atomic E-state index is 12.2. The van der Waals surface area contributed by atoms with E-state index >= 15 is 0 Å². The van der Waals surface area contributed by atoms with Crippen LogP contribution in [0.2, 0.25) is 0 Å². The molecule has 4 heteroatoms. The van der Waals surface area contributed by atoms with E-state index in [0.717, 1.165) is 30.5 Å².